The van der Waals surface area contributed by atoms with Crippen molar-refractivity contribution in [1.29, 1.82) is 0 Å². The monoisotopic (exact) mass is 414 g/mol. The Kier molecular flexibility index (Phi) is 6.42. The highest BCUT2D eigenvalue weighted by Crippen LogP contribution is 2.68. The van der Waals surface area contributed by atoms with Gasteiger partial charge in [-0.25, -0.2) is 0 Å². The van der Waals surface area contributed by atoms with Gasteiger partial charge in [-0.15, -0.1) is 0 Å². The number of aliphatic hydroxyl groups is 1. The van der Waals surface area contributed by atoms with Gasteiger partial charge < -0.3 is 5.11 Å². The zero-order valence-corrected chi connectivity index (χ0v) is 20.9. The first-order chi connectivity index (χ1) is 14.2. The van der Waals surface area contributed by atoms with E-state index < -0.39 is 0 Å². The van der Waals surface area contributed by atoms with Gasteiger partial charge in [0.1, 0.15) is 0 Å². The molecule has 0 bridgehead atoms. The lowest BCUT2D eigenvalue weighted by Gasteiger charge is -2.62. The van der Waals surface area contributed by atoms with Crippen molar-refractivity contribution in [3.05, 3.63) is 11.8 Å². The summed E-state index contributed by atoms with van der Waals surface area (Å²) in [6.45, 7) is 14.9. The molecule has 30 heavy (non-hydrogen) atoms. The lowest BCUT2D eigenvalue weighted by molar-refractivity contribution is -0.127. The number of hydrogen-bond donors (Lipinski definition) is 1. The van der Waals surface area contributed by atoms with Crippen LogP contribution in [0.25, 0.3) is 0 Å². The first kappa shape index (κ1) is 22.7. The van der Waals surface area contributed by atoms with Crippen molar-refractivity contribution in [2.75, 3.05) is 0 Å². The van der Waals surface area contributed by atoms with Crippen LogP contribution < -0.4 is 0 Å². The van der Waals surface area contributed by atoms with Gasteiger partial charge in [0.05, 0.1) is 6.26 Å². The van der Waals surface area contributed by atoms with Crippen LogP contribution in [-0.4, -0.2) is 5.11 Å². The van der Waals surface area contributed by atoms with Crippen LogP contribution in [0, 0.1) is 58.2 Å². The van der Waals surface area contributed by atoms with E-state index >= 15 is 0 Å². The molecule has 4 aliphatic carbocycles. The third-order valence-electron chi connectivity index (χ3n) is 11.8. The maximum absolute atomic E-state index is 9.34. The molecule has 0 spiro atoms. The third-order valence-corrected chi connectivity index (χ3v) is 11.8. The Morgan fingerprint density at radius 1 is 0.900 bits per heavy atom. The highest BCUT2D eigenvalue weighted by Gasteiger charge is 2.60. The Hall–Kier alpha value is -0.460. The molecule has 4 fully saturated rings. The van der Waals surface area contributed by atoms with E-state index in [2.05, 4.69) is 41.5 Å². The quantitative estimate of drug-likeness (QED) is 0.445. The number of hydrogen-bond acceptors (Lipinski definition) is 1. The van der Waals surface area contributed by atoms with Gasteiger partial charge in [0, 0.05) is 0 Å². The minimum absolute atomic E-state index is 0.515. The Bertz CT molecular complexity index is 636. The predicted molar refractivity (Wildman–Crippen MR) is 128 cm³/mol. The molecule has 0 aromatic rings. The van der Waals surface area contributed by atoms with Crippen LogP contribution in [0.1, 0.15) is 112 Å². The summed E-state index contributed by atoms with van der Waals surface area (Å²) in [6.07, 6.45) is 17.4. The van der Waals surface area contributed by atoms with E-state index in [0.717, 1.165) is 47.0 Å². The number of fused-ring (bicyclic) bond motifs is 5. The SMILES string of the molecule is CC(=CO)C(C)CCC(C)[C@H]1CC[C@H]2[C@@H]3CCC4C(C)CCC[C@]4(C)[C@H]3CC[C@]12C. The molecule has 1 N–H and O–H groups in total. The highest BCUT2D eigenvalue weighted by atomic mass is 16.2. The molecule has 1 heteroatoms. The van der Waals surface area contributed by atoms with Gasteiger partial charge in [-0.2, -0.15) is 0 Å². The molecule has 0 aromatic heterocycles. The summed E-state index contributed by atoms with van der Waals surface area (Å²) in [4.78, 5) is 0. The largest absolute Gasteiger partial charge is 0.516 e. The second-order valence-electron chi connectivity index (χ2n) is 13.0. The molecule has 10 atom stereocenters. The summed E-state index contributed by atoms with van der Waals surface area (Å²) in [5, 5.41) is 9.34. The molecular weight excluding hydrogens is 364 g/mol. The fourth-order valence-electron chi connectivity index (χ4n) is 9.84. The Labute approximate surface area is 187 Å². The lowest BCUT2D eigenvalue weighted by Crippen LogP contribution is -2.54. The highest BCUT2D eigenvalue weighted by molar-refractivity contribution is 5.10. The summed E-state index contributed by atoms with van der Waals surface area (Å²) < 4.78 is 0. The summed E-state index contributed by atoms with van der Waals surface area (Å²) in [5.74, 6) is 7.27. The Balaban J connectivity index is 1.46. The second kappa shape index (κ2) is 8.47. The molecule has 4 aliphatic rings. The zero-order valence-electron chi connectivity index (χ0n) is 20.9. The molecule has 4 saturated carbocycles. The van der Waals surface area contributed by atoms with Gasteiger partial charge in [-0.1, -0.05) is 47.5 Å². The van der Waals surface area contributed by atoms with Crippen LogP contribution in [0.15, 0.2) is 11.8 Å². The van der Waals surface area contributed by atoms with Crippen LogP contribution in [0.3, 0.4) is 0 Å². The molecule has 172 valence electrons. The molecule has 4 unspecified atom stereocenters. The van der Waals surface area contributed by atoms with Gasteiger partial charge in [0.25, 0.3) is 0 Å². The van der Waals surface area contributed by atoms with Crippen molar-refractivity contribution in [2.45, 2.75) is 112 Å². The first-order valence-electron chi connectivity index (χ1n) is 13.5. The van der Waals surface area contributed by atoms with E-state index in [-0.39, 0.29) is 0 Å². The topological polar surface area (TPSA) is 20.2 Å². The average molecular weight is 415 g/mol. The van der Waals surface area contributed by atoms with Crippen molar-refractivity contribution in [3.63, 3.8) is 0 Å². The Morgan fingerprint density at radius 2 is 1.60 bits per heavy atom. The normalized spacial score (nSPS) is 48.4. The number of aliphatic hydroxyl groups excluding tert-OH is 1. The summed E-state index contributed by atoms with van der Waals surface area (Å²) in [5.41, 5.74) is 2.38. The van der Waals surface area contributed by atoms with Gasteiger partial charge in [-0.3, -0.25) is 0 Å². The van der Waals surface area contributed by atoms with Crippen molar-refractivity contribution in [1.82, 2.24) is 0 Å². The van der Waals surface area contributed by atoms with Crippen LogP contribution in [0.4, 0.5) is 0 Å². The smallest absolute Gasteiger partial charge is 0.0783 e. The van der Waals surface area contributed by atoms with E-state index in [1.54, 1.807) is 0 Å². The van der Waals surface area contributed by atoms with E-state index in [1.165, 1.54) is 76.9 Å². The standard InChI is InChI=1S/C29H50O/c1-19(22(4)18-30)9-10-21(3)25-13-14-26-23-11-12-24-20(2)8-7-16-28(24,5)27(23)15-17-29(25,26)6/h18-21,23-27,30H,7-17H2,1-6H3/t19?,20?,21?,23-,24?,25+,26-,27-,28-,29+/m0/s1. The zero-order chi connectivity index (χ0) is 21.7. The lowest BCUT2D eigenvalue weighted by atomic mass is 9.43. The molecule has 0 heterocycles. The first-order valence-corrected chi connectivity index (χ1v) is 13.5. The van der Waals surface area contributed by atoms with Crippen molar-refractivity contribution in [3.8, 4) is 0 Å². The molecule has 0 saturated heterocycles. The molecule has 0 aromatic carbocycles. The van der Waals surface area contributed by atoms with E-state index in [9.17, 15) is 5.11 Å². The van der Waals surface area contributed by atoms with Gasteiger partial charge in [0.2, 0.25) is 0 Å². The molecule has 0 aliphatic heterocycles. The maximum Gasteiger partial charge on any atom is 0.0783 e. The predicted octanol–water partition coefficient (Wildman–Crippen LogP) is 8.80. The van der Waals surface area contributed by atoms with E-state index in [1.807, 2.05) is 0 Å². The summed E-state index contributed by atoms with van der Waals surface area (Å²) in [6, 6.07) is 0. The third kappa shape index (κ3) is 3.59. The summed E-state index contributed by atoms with van der Waals surface area (Å²) in [7, 11) is 0. The van der Waals surface area contributed by atoms with Crippen molar-refractivity contribution in [2.24, 2.45) is 58.2 Å². The molecule has 0 radical (unpaired) electrons. The molecule has 0 amide bonds. The van der Waals surface area contributed by atoms with E-state index in [0.29, 0.717) is 16.7 Å². The van der Waals surface area contributed by atoms with E-state index in [4.69, 9.17) is 0 Å². The van der Waals surface area contributed by atoms with Gasteiger partial charge in [-0.05, 0) is 128 Å². The molecule has 4 rings (SSSR count). The minimum atomic E-state index is 0.515. The van der Waals surface area contributed by atoms with Crippen LogP contribution in [0.5, 0.6) is 0 Å². The molecule has 1 nitrogen and oxygen atoms in total. The number of rotatable bonds is 5. The van der Waals surface area contributed by atoms with Crippen molar-refractivity contribution >= 4 is 0 Å². The van der Waals surface area contributed by atoms with Gasteiger partial charge in [0.15, 0.2) is 0 Å². The fourth-order valence-corrected chi connectivity index (χ4v) is 9.84. The fraction of sp³-hybridized carbons (Fsp3) is 0.931. The Morgan fingerprint density at radius 3 is 2.33 bits per heavy atom. The molecular formula is C29H50O. The average Bonchev–Trinajstić information content (AvgIpc) is 3.08. The van der Waals surface area contributed by atoms with Crippen molar-refractivity contribution < 1.29 is 5.11 Å². The second-order valence-corrected chi connectivity index (χ2v) is 13.0. The minimum Gasteiger partial charge on any atom is -0.516 e. The maximum atomic E-state index is 9.34. The van der Waals surface area contributed by atoms with Crippen LogP contribution >= 0.6 is 0 Å². The van der Waals surface area contributed by atoms with Crippen LogP contribution in [0.2, 0.25) is 0 Å². The summed E-state index contributed by atoms with van der Waals surface area (Å²) >= 11 is 0. The number of allylic oxidation sites excluding steroid dienone is 1. The van der Waals surface area contributed by atoms with Gasteiger partial charge >= 0.3 is 0 Å². The van der Waals surface area contributed by atoms with Crippen LogP contribution in [-0.2, 0) is 0 Å².